The number of rotatable bonds is 6. The SMILES string of the molecule is CNCC(Cc1cccc(OC)c1F)C1CCS(=O)(=O)C1. The summed E-state index contributed by atoms with van der Waals surface area (Å²) in [4.78, 5) is 0. The third-order valence-corrected chi connectivity index (χ3v) is 5.94. The molecule has 1 aromatic carbocycles. The van der Waals surface area contributed by atoms with E-state index in [1.54, 1.807) is 18.2 Å². The van der Waals surface area contributed by atoms with Crippen LogP contribution in [0.15, 0.2) is 18.2 Å². The minimum atomic E-state index is -2.92. The molecular weight excluding hydrogens is 293 g/mol. The molecule has 0 aliphatic carbocycles. The molecule has 1 aromatic rings. The van der Waals surface area contributed by atoms with Gasteiger partial charge in [-0.15, -0.1) is 0 Å². The lowest BCUT2D eigenvalue weighted by Crippen LogP contribution is -2.29. The van der Waals surface area contributed by atoms with Crippen LogP contribution in [0.2, 0.25) is 0 Å². The largest absolute Gasteiger partial charge is 0.494 e. The number of hydrogen-bond acceptors (Lipinski definition) is 4. The quantitative estimate of drug-likeness (QED) is 0.867. The van der Waals surface area contributed by atoms with E-state index in [0.717, 1.165) is 0 Å². The van der Waals surface area contributed by atoms with Crippen molar-refractivity contribution in [3.63, 3.8) is 0 Å². The van der Waals surface area contributed by atoms with Crippen LogP contribution in [-0.4, -0.2) is 40.6 Å². The molecule has 2 atom stereocenters. The molecule has 1 heterocycles. The lowest BCUT2D eigenvalue weighted by molar-refractivity contribution is 0.342. The van der Waals surface area contributed by atoms with Crippen molar-refractivity contribution < 1.29 is 17.5 Å². The average Bonchev–Trinajstić information content (AvgIpc) is 2.80. The molecule has 1 aliphatic heterocycles. The summed E-state index contributed by atoms with van der Waals surface area (Å²) in [7, 11) is 0.353. The number of benzene rings is 1. The third kappa shape index (κ3) is 3.95. The molecule has 0 aromatic heterocycles. The Hall–Kier alpha value is -1.14. The third-order valence-electron chi connectivity index (χ3n) is 4.15. The Labute approximate surface area is 125 Å². The van der Waals surface area contributed by atoms with Crippen molar-refractivity contribution >= 4 is 9.84 Å². The second kappa shape index (κ2) is 6.75. The molecule has 1 aliphatic rings. The van der Waals surface area contributed by atoms with Crippen LogP contribution in [0.25, 0.3) is 0 Å². The fourth-order valence-electron chi connectivity index (χ4n) is 3.02. The van der Waals surface area contributed by atoms with Crippen LogP contribution >= 0.6 is 0 Å². The Morgan fingerprint density at radius 1 is 1.48 bits per heavy atom. The van der Waals surface area contributed by atoms with E-state index in [2.05, 4.69) is 5.32 Å². The van der Waals surface area contributed by atoms with Gasteiger partial charge in [0.05, 0.1) is 18.6 Å². The van der Waals surface area contributed by atoms with Crippen molar-refractivity contribution in [2.45, 2.75) is 12.8 Å². The van der Waals surface area contributed by atoms with Crippen LogP contribution in [0, 0.1) is 17.7 Å². The first kappa shape index (κ1) is 16.2. The maximum absolute atomic E-state index is 14.2. The van der Waals surface area contributed by atoms with Gasteiger partial charge in [0.15, 0.2) is 21.4 Å². The predicted octanol–water partition coefficient (Wildman–Crippen LogP) is 1.65. The molecule has 118 valence electrons. The summed E-state index contributed by atoms with van der Waals surface area (Å²) in [5.41, 5.74) is 0.582. The minimum Gasteiger partial charge on any atom is -0.494 e. The number of nitrogens with one attached hydrogen (secondary N) is 1. The Morgan fingerprint density at radius 2 is 2.24 bits per heavy atom. The maximum atomic E-state index is 14.2. The molecule has 0 bridgehead atoms. The molecule has 0 spiro atoms. The van der Waals surface area contributed by atoms with E-state index in [9.17, 15) is 12.8 Å². The molecule has 1 saturated heterocycles. The summed E-state index contributed by atoms with van der Waals surface area (Å²) in [6, 6.07) is 5.09. The molecule has 0 amide bonds. The van der Waals surface area contributed by atoms with Gasteiger partial charge in [-0.05, 0) is 49.9 Å². The highest BCUT2D eigenvalue weighted by Gasteiger charge is 2.33. The highest BCUT2D eigenvalue weighted by atomic mass is 32.2. The summed E-state index contributed by atoms with van der Waals surface area (Å²) in [5, 5.41) is 3.09. The Bertz CT molecular complexity index is 589. The van der Waals surface area contributed by atoms with Gasteiger partial charge < -0.3 is 10.1 Å². The summed E-state index contributed by atoms with van der Waals surface area (Å²) in [6.07, 6.45) is 1.18. The van der Waals surface area contributed by atoms with Crippen LogP contribution in [0.3, 0.4) is 0 Å². The first-order chi connectivity index (χ1) is 9.96. The monoisotopic (exact) mass is 315 g/mol. The van der Waals surface area contributed by atoms with Gasteiger partial charge in [0.2, 0.25) is 0 Å². The van der Waals surface area contributed by atoms with Crippen LogP contribution in [-0.2, 0) is 16.3 Å². The van der Waals surface area contributed by atoms with Crippen LogP contribution in [0.4, 0.5) is 4.39 Å². The summed E-state index contributed by atoms with van der Waals surface area (Å²) in [6.45, 7) is 0.677. The summed E-state index contributed by atoms with van der Waals surface area (Å²) in [5.74, 6) is 0.544. The van der Waals surface area contributed by atoms with Crippen LogP contribution in [0.5, 0.6) is 5.75 Å². The van der Waals surface area contributed by atoms with E-state index in [1.165, 1.54) is 7.11 Å². The van der Waals surface area contributed by atoms with Gasteiger partial charge in [-0.3, -0.25) is 0 Å². The predicted molar refractivity (Wildman–Crippen MR) is 80.8 cm³/mol. The van der Waals surface area contributed by atoms with Crippen LogP contribution < -0.4 is 10.1 Å². The molecule has 2 unspecified atom stereocenters. The summed E-state index contributed by atoms with van der Waals surface area (Å²) >= 11 is 0. The minimum absolute atomic E-state index is 0.0908. The van der Waals surface area contributed by atoms with Gasteiger partial charge in [0, 0.05) is 0 Å². The topological polar surface area (TPSA) is 55.4 Å². The van der Waals surface area contributed by atoms with Crippen molar-refractivity contribution in [2.24, 2.45) is 11.8 Å². The van der Waals surface area contributed by atoms with Crippen molar-refractivity contribution in [3.05, 3.63) is 29.6 Å². The Kier molecular flexibility index (Phi) is 5.22. The molecule has 4 nitrogen and oxygen atoms in total. The molecule has 21 heavy (non-hydrogen) atoms. The number of halogens is 1. The Balaban J connectivity index is 2.17. The van der Waals surface area contributed by atoms with E-state index < -0.39 is 9.84 Å². The zero-order valence-corrected chi connectivity index (χ0v) is 13.2. The summed E-state index contributed by atoms with van der Waals surface area (Å²) < 4.78 is 42.6. The fraction of sp³-hybridized carbons (Fsp3) is 0.600. The normalized spacial score (nSPS) is 22.1. The first-order valence-electron chi connectivity index (χ1n) is 7.13. The lowest BCUT2D eigenvalue weighted by Gasteiger charge is -2.23. The van der Waals surface area contributed by atoms with Crippen molar-refractivity contribution in [3.8, 4) is 5.75 Å². The number of hydrogen-bond donors (Lipinski definition) is 1. The van der Waals surface area contributed by atoms with E-state index >= 15 is 0 Å². The van der Waals surface area contributed by atoms with Gasteiger partial charge in [-0.1, -0.05) is 12.1 Å². The number of ether oxygens (including phenoxy) is 1. The number of methoxy groups -OCH3 is 1. The highest BCUT2D eigenvalue weighted by molar-refractivity contribution is 7.91. The molecule has 6 heteroatoms. The van der Waals surface area contributed by atoms with E-state index in [0.29, 0.717) is 24.9 Å². The molecule has 1 N–H and O–H groups in total. The Morgan fingerprint density at radius 3 is 2.81 bits per heavy atom. The second-order valence-corrected chi connectivity index (χ2v) is 7.85. The molecule has 0 radical (unpaired) electrons. The van der Waals surface area contributed by atoms with Crippen LogP contribution in [0.1, 0.15) is 12.0 Å². The zero-order chi connectivity index (χ0) is 15.5. The van der Waals surface area contributed by atoms with Gasteiger partial charge in [0.1, 0.15) is 0 Å². The molecule has 0 saturated carbocycles. The van der Waals surface area contributed by atoms with Gasteiger partial charge >= 0.3 is 0 Å². The average molecular weight is 315 g/mol. The maximum Gasteiger partial charge on any atom is 0.168 e. The number of sulfone groups is 1. The van der Waals surface area contributed by atoms with E-state index in [4.69, 9.17) is 4.74 Å². The van der Waals surface area contributed by atoms with Crippen molar-refractivity contribution in [2.75, 3.05) is 32.2 Å². The molecule has 1 fully saturated rings. The first-order valence-corrected chi connectivity index (χ1v) is 8.95. The molecular formula is C15H22FNO3S. The second-order valence-electron chi connectivity index (χ2n) is 5.62. The van der Waals surface area contributed by atoms with E-state index in [1.807, 2.05) is 7.05 Å². The highest BCUT2D eigenvalue weighted by Crippen LogP contribution is 2.30. The van der Waals surface area contributed by atoms with Gasteiger partial charge in [-0.2, -0.15) is 0 Å². The standard InChI is InChI=1S/C15H22FNO3S/c1-17-9-13(12-6-7-21(18,19)10-12)8-11-4-3-5-14(20-2)15(11)16/h3-5,12-13,17H,6-10H2,1-2H3. The molecule has 2 rings (SSSR count). The lowest BCUT2D eigenvalue weighted by atomic mass is 9.86. The zero-order valence-electron chi connectivity index (χ0n) is 12.4. The fourth-order valence-corrected chi connectivity index (χ4v) is 4.94. The van der Waals surface area contributed by atoms with Crippen molar-refractivity contribution in [1.82, 2.24) is 5.32 Å². The van der Waals surface area contributed by atoms with Gasteiger partial charge in [-0.25, -0.2) is 12.8 Å². The van der Waals surface area contributed by atoms with Crippen molar-refractivity contribution in [1.29, 1.82) is 0 Å². The van der Waals surface area contributed by atoms with Gasteiger partial charge in [0.25, 0.3) is 0 Å². The van der Waals surface area contributed by atoms with E-state index in [-0.39, 0.29) is 34.9 Å². The smallest absolute Gasteiger partial charge is 0.168 e.